The summed E-state index contributed by atoms with van der Waals surface area (Å²) in [6, 6.07) is 23.5. The molecule has 6 nitrogen and oxygen atoms in total. The maximum atomic E-state index is 13.2. The maximum Gasteiger partial charge on any atom is 0.365 e. The number of aliphatic hydroxyl groups excluding tert-OH is 1. The molecule has 7 heteroatoms. The maximum absolute atomic E-state index is 13.2. The van der Waals surface area contributed by atoms with E-state index in [0.29, 0.717) is 23.3 Å². The number of unbranched alkanes of at least 4 members (excludes halogenated alkanes) is 3. The summed E-state index contributed by atoms with van der Waals surface area (Å²) in [4.78, 5) is 32.6. The van der Waals surface area contributed by atoms with Crippen LogP contribution in [-0.2, 0) is 4.84 Å². The third-order valence-electron chi connectivity index (χ3n) is 5.31. The van der Waals surface area contributed by atoms with Crippen molar-refractivity contribution in [3.05, 3.63) is 90.0 Å². The first-order valence-corrected chi connectivity index (χ1v) is 12.9. The van der Waals surface area contributed by atoms with Gasteiger partial charge in [-0.05, 0) is 73.5 Å². The summed E-state index contributed by atoms with van der Waals surface area (Å²) < 4.78 is 5.39. The quantitative estimate of drug-likeness (QED) is 0.0876. The van der Waals surface area contributed by atoms with Gasteiger partial charge >= 0.3 is 5.97 Å². The fraction of sp³-hybridized carbons (Fsp3) is 0.276. The molecule has 3 aromatic carbocycles. The predicted octanol–water partition coefficient (Wildman–Crippen LogP) is 6.58. The van der Waals surface area contributed by atoms with Gasteiger partial charge in [-0.25, -0.2) is 4.79 Å². The molecule has 0 aliphatic rings. The topological polar surface area (TPSA) is 85.2 Å². The van der Waals surface area contributed by atoms with Crippen LogP contribution in [0, 0.1) is 0 Å². The van der Waals surface area contributed by atoms with E-state index in [0.717, 1.165) is 35.5 Å². The van der Waals surface area contributed by atoms with E-state index >= 15 is 0 Å². The molecule has 0 heterocycles. The van der Waals surface area contributed by atoms with Crippen molar-refractivity contribution in [1.29, 1.82) is 0 Å². The largest absolute Gasteiger partial charge is 0.491 e. The zero-order valence-electron chi connectivity index (χ0n) is 20.4. The van der Waals surface area contributed by atoms with Crippen molar-refractivity contribution in [1.82, 2.24) is 0 Å². The zero-order valence-corrected chi connectivity index (χ0v) is 21.2. The standard InChI is InChI=1S/C29H31NO5S/c1-2-3-4-8-11-27(30-35-29(33)23-9-6-5-7-10-23)28(32)22-12-16-25(17-13-22)36-26-18-14-24(15-19-26)34-21-20-31/h5-7,9-10,12-19,31H,2-4,8,11,20-21H2,1H3/b30-27+. The Balaban J connectivity index is 1.67. The Morgan fingerprint density at radius 2 is 1.50 bits per heavy atom. The third kappa shape index (κ3) is 8.66. The van der Waals surface area contributed by atoms with Crippen LogP contribution in [0.25, 0.3) is 0 Å². The Kier molecular flexibility index (Phi) is 11.2. The highest BCUT2D eigenvalue weighted by molar-refractivity contribution is 7.99. The lowest BCUT2D eigenvalue weighted by Gasteiger charge is -2.08. The molecule has 0 saturated heterocycles. The SMILES string of the molecule is CCCCCC/C(=N\OC(=O)c1ccccc1)C(=O)c1ccc(Sc2ccc(OCCO)cc2)cc1. The van der Waals surface area contributed by atoms with Crippen LogP contribution in [0.4, 0.5) is 0 Å². The van der Waals surface area contributed by atoms with Crippen LogP contribution in [0.1, 0.15) is 59.7 Å². The van der Waals surface area contributed by atoms with E-state index < -0.39 is 5.97 Å². The smallest absolute Gasteiger partial charge is 0.365 e. The van der Waals surface area contributed by atoms with Crippen molar-refractivity contribution in [2.75, 3.05) is 13.2 Å². The van der Waals surface area contributed by atoms with Gasteiger partial charge in [0.05, 0.1) is 12.2 Å². The Labute approximate surface area is 216 Å². The zero-order chi connectivity index (χ0) is 25.6. The van der Waals surface area contributed by atoms with Gasteiger partial charge in [0.1, 0.15) is 18.1 Å². The van der Waals surface area contributed by atoms with E-state index in [9.17, 15) is 9.59 Å². The summed E-state index contributed by atoms with van der Waals surface area (Å²) in [5.41, 5.74) is 1.12. The molecule has 0 amide bonds. The van der Waals surface area contributed by atoms with Crippen LogP contribution in [-0.4, -0.2) is 35.8 Å². The molecule has 1 N–H and O–H groups in total. The van der Waals surface area contributed by atoms with E-state index in [1.54, 1.807) is 48.2 Å². The lowest BCUT2D eigenvalue weighted by atomic mass is 10.0. The molecule has 0 unspecified atom stereocenters. The van der Waals surface area contributed by atoms with Gasteiger partial charge in [-0.1, -0.05) is 61.3 Å². The number of hydrogen-bond donors (Lipinski definition) is 1. The average molecular weight is 506 g/mol. The number of Topliss-reactive ketones (excluding diaryl/α,β-unsaturated/α-hetero) is 1. The molecule has 0 radical (unpaired) electrons. The van der Waals surface area contributed by atoms with Crippen LogP contribution in [0.3, 0.4) is 0 Å². The molecule has 0 bridgehead atoms. The number of aliphatic hydroxyl groups is 1. The molecule has 0 aliphatic heterocycles. The molecule has 0 atom stereocenters. The van der Waals surface area contributed by atoms with Crippen molar-refractivity contribution in [3.63, 3.8) is 0 Å². The third-order valence-corrected chi connectivity index (χ3v) is 6.33. The first-order chi connectivity index (χ1) is 17.6. The number of oxime groups is 1. The molecule has 0 spiro atoms. The summed E-state index contributed by atoms with van der Waals surface area (Å²) in [7, 11) is 0. The van der Waals surface area contributed by atoms with E-state index in [-0.39, 0.29) is 24.7 Å². The number of hydrogen-bond acceptors (Lipinski definition) is 7. The van der Waals surface area contributed by atoms with Crippen LogP contribution >= 0.6 is 11.8 Å². The van der Waals surface area contributed by atoms with E-state index in [1.807, 2.05) is 42.5 Å². The summed E-state index contributed by atoms with van der Waals surface area (Å²) in [5.74, 6) is -0.128. The van der Waals surface area contributed by atoms with Gasteiger partial charge in [-0.15, -0.1) is 0 Å². The molecule has 36 heavy (non-hydrogen) atoms. The molecule has 188 valence electrons. The molecular formula is C29H31NO5S. The minimum Gasteiger partial charge on any atom is -0.491 e. The van der Waals surface area contributed by atoms with E-state index in [4.69, 9.17) is 14.7 Å². The normalized spacial score (nSPS) is 11.2. The number of ketones is 1. The lowest BCUT2D eigenvalue weighted by molar-refractivity contribution is 0.0514. The first kappa shape index (κ1) is 27.2. The molecule has 0 fully saturated rings. The Morgan fingerprint density at radius 1 is 0.833 bits per heavy atom. The van der Waals surface area contributed by atoms with Crippen molar-refractivity contribution in [3.8, 4) is 5.75 Å². The summed E-state index contributed by atoms with van der Waals surface area (Å²) in [6.07, 6.45) is 4.39. The number of benzene rings is 3. The fourth-order valence-corrected chi connectivity index (χ4v) is 4.20. The molecule has 0 aliphatic carbocycles. The molecule has 3 rings (SSSR count). The van der Waals surface area contributed by atoms with Gasteiger partial charge in [0.15, 0.2) is 0 Å². The van der Waals surface area contributed by atoms with Crippen LogP contribution in [0.2, 0.25) is 0 Å². The summed E-state index contributed by atoms with van der Waals surface area (Å²) in [6.45, 7) is 2.36. The number of carbonyl (C=O) groups excluding carboxylic acids is 2. The van der Waals surface area contributed by atoms with Crippen molar-refractivity contribution in [2.24, 2.45) is 5.16 Å². The van der Waals surface area contributed by atoms with Gasteiger partial charge in [-0.3, -0.25) is 4.79 Å². The number of ether oxygens (including phenoxy) is 1. The lowest BCUT2D eigenvalue weighted by Crippen LogP contribution is -2.16. The average Bonchev–Trinajstić information content (AvgIpc) is 2.92. The fourth-order valence-electron chi connectivity index (χ4n) is 3.39. The highest BCUT2D eigenvalue weighted by Gasteiger charge is 2.17. The monoisotopic (exact) mass is 505 g/mol. The molecule has 0 saturated carbocycles. The minimum absolute atomic E-state index is 0.0256. The molecule has 3 aromatic rings. The second-order valence-electron chi connectivity index (χ2n) is 8.09. The second-order valence-corrected chi connectivity index (χ2v) is 9.24. The van der Waals surface area contributed by atoms with Crippen molar-refractivity contribution in [2.45, 2.75) is 48.8 Å². The Bertz CT molecular complexity index is 1130. The van der Waals surface area contributed by atoms with Crippen molar-refractivity contribution >= 4 is 29.2 Å². The highest BCUT2D eigenvalue weighted by atomic mass is 32.2. The Hall–Kier alpha value is -3.42. The van der Waals surface area contributed by atoms with E-state index in [1.165, 1.54) is 0 Å². The number of rotatable bonds is 14. The van der Waals surface area contributed by atoms with Crippen LogP contribution < -0.4 is 4.74 Å². The van der Waals surface area contributed by atoms with Crippen LogP contribution in [0.15, 0.2) is 93.8 Å². The predicted molar refractivity (Wildman–Crippen MR) is 142 cm³/mol. The summed E-state index contributed by atoms with van der Waals surface area (Å²) in [5, 5.41) is 12.8. The van der Waals surface area contributed by atoms with Gasteiger partial charge in [0.25, 0.3) is 0 Å². The van der Waals surface area contributed by atoms with Crippen molar-refractivity contribution < 1.29 is 24.3 Å². The first-order valence-electron chi connectivity index (χ1n) is 12.1. The van der Waals surface area contributed by atoms with E-state index in [2.05, 4.69) is 12.1 Å². The second kappa shape index (κ2) is 14.9. The Morgan fingerprint density at radius 3 is 2.14 bits per heavy atom. The van der Waals surface area contributed by atoms with Gasteiger partial charge in [0, 0.05) is 15.4 Å². The minimum atomic E-state index is -0.589. The number of nitrogens with zero attached hydrogens (tertiary/aromatic N) is 1. The van der Waals surface area contributed by atoms with Gasteiger partial charge in [0.2, 0.25) is 5.78 Å². The number of carbonyl (C=O) groups is 2. The molecule has 0 aromatic heterocycles. The summed E-state index contributed by atoms with van der Waals surface area (Å²) >= 11 is 1.56. The van der Waals surface area contributed by atoms with Crippen LogP contribution in [0.5, 0.6) is 5.75 Å². The molecular weight excluding hydrogens is 474 g/mol. The highest BCUT2D eigenvalue weighted by Crippen LogP contribution is 2.29. The van der Waals surface area contributed by atoms with Gasteiger partial charge in [-0.2, -0.15) is 0 Å². The van der Waals surface area contributed by atoms with Gasteiger partial charge < -0.3 is 14.7 Å².